The standard InChI is InChI=1S/C28H31N5O2/c1-4-35-26-13-9-8-12-25(26)31-14-16-32(17-15-31)28(34)22-18-24(21-10-6-5-7-11-21)30-27-23(22)19-29-33(27)20(2)3/h5-13,18-20H,4,14-17H2,1-3H3. The predicted octanol–water partition coefficient (Wildman–Crippen LogP) is 5.04. The molecule has 0 spiro atoms. The Bertz CT molecular complexity index is 1320. The molecule has 7 heteroatoms. The topological polar surface area (TPSA) is 63.5 Å². The lowest BCUT2D eigenvalue weighted by atomic mass is 10.1. The summed E-state index contributed by atoms with van der Waals surface area (Å²) in [7, 11) is 0. The van der Waals surface area contributed by atoms with Crippen molar-refractivity contribution in [3.8, 4) is 17.0 Å². The lowest BCUT2D eigenvalue weighted by Gasteiger charge is -2.36. The van der Waals surface area contributed by atoms with Gasteiger partial charge in [-0.1, -0.05) is 42.5 Å². The molecular weight excluding hydrogens is 438 g/mol. The summed E-state index contributed by atoms with van der Waals surface area (Å²) in [6, 6.07) is 20.2. The first-order chi connectivity index (χ1) is 17.1. The van der Waals surface area contributed by atoms with Gasteiger partial charge in [-0.25, -0.2) is 9.67 Å². The van der Waals surface area contributed by atoms with Crippen molar-refractivity contribution >= 4 is 22.6 Å². The maximum absolute atomic E-state index is 13.8. The van der Waals surface area contributed by atoms with Crippen LogP contribution in [0.3, 0.4) is 0 Å². The minimum absolute atomic E-state index is 0.0237. The number of piperazine rings is 1. The lowest BCUT2D eigenvalue weighted by Crippen LogP contribution is -2.49. The van der Waals surface area contributed by atoms with E-state index in [1.165, 1.54) is 0 Å². The number of fused-ring (bicyclic) bond motifs is 1. The summed E-state index contributed by atoms with van der Waals surface area (Å²) in [5.74, 6) is 0.912. The number of rotatable bonds is 6. The van der Waals surface area contributed by atoms with Gasteiger partial charge in [0.1, 0.15) is 5.75 Å². The van der Waals surface area contributed by atoms with Gasteiger partial charge in [0.15, 0.2) is 5.65 Å². The van der Waals surface area contributed by atoms with Crippen LogP contribution < -0.4 is 9.64 Å². The molecule has 5 rings (SSSR count). The zero-order valence-corrected chi connectivity index (χ0v) is 20.5. The van der Waals surface area contributed by atoms with E-state index in [4.69, 9.17) is 9.72 Å². The molecule has 3 heterocycles. The highest BCUT2D eigenvalue weighted by Crippen LogP contribution is 2.30. The van der Waals surface area contributed by atoms with Crippen LogP contribution in [-0.2, 0) is 0 Å². The largest absolute Gasteiger partial charge is 0.492 e. The second kappa shape index (κ2) is 9.78. The third-order valence-electron chi connectivity index (χ3n) is 6.43. The van der Waals surface area contributed by atoms with Crippen molar-refractivity contribution in [3.05, 3.63) is 72.4 Å². The van der Waals surface area contributed by atoms with Crippen LogP contribution in [0, 0.1) is 0 Å². The minimum atomic E-state index is 0.0237. The zero-order chi connectivity index (χ0) is 24.4. The van der Waals surface area contributed by atoms with E-state index in [-0.39, 0.29) is 11.9 Å². The number of anilines is 1. The van der Waals surface area contributed by atoms with Gasteiger partial charge in [-0.2, -0.15) is 5.10 Å². The molecule has 0 atom stereocenters. The van der Waals surface area contributed by atoms with Crippen molar-refractivity contribution in [1.82, 2.24) is 19.7 Å². The Morgan fingerprint density at radius 2 is 1.71 bits per heavy atom. The van der Waals surface area contributed by atoms with Gasteiger partial charge in [0.25, 0.3) is 5.91 Å². The molecule has 0 aliphatic carbocycles. The number of benzene rings is 2. The molecule has 0 saturated carbocycles. The summed E-state index contributed by atoms with van der Waals surface area (Å²) < 4.78 is 7.71. The quantitative estimate of drug-likeness (QED) is 0.396. The van der Waals surface area contributed by atoms with Crippen LogP contribution in [0.5, 0.6) is 5.75 Å². The summed E-state index contributed by atoms with van der Waals surface area (Å²) in [6.45, 7) is 9.55. The highest BCUT2D eigenvalue weighted by Gasteiger charge is 2.27. The van der Waals surface area contributed by atoms with E-state index in [1.807, 2.05) is 71.1 Å². The average Bonchev–Trinajstić information content (AvgIpc) is 3.33. The fourth-order valence-corrected chi connectivity index (χ4v) is 4.65. The number of pyridine rings is 1. The Labute approximate surface area is 205 Å². The van der Waals surface area contributed by atoms with Crippen molar-refractivity contribution < 1.29 is 9.53 Å². The van der Waals surface area contributed by atoms with Gasteiger partial charge in [0, 0.05) is 37.8 Å². The van der Waals surface area contributed by atoms with E-state index in [2.05, 4.69) is 29.9 Å². The molecular formula is C28H31N5O2. The number of hydrogen-bond acceptors (Lipinski definition) is 5. The Balaban J connectivity index is 1.44. The third-order valence-corrected chi connectivity index (χ3v) is 6.43. The molecule has 1 aliphatic rings. The Morgan fingerprint density at radius 1 is 1.00 bits per heavy atom. The highest BCUT2D eigenvalue weighted by atomic mass is 16.5. The summed E-state index contributed by atoms with van der Waals surface area (Å²) in [5.41, 5.74) is 4.25. The molecule has 2 aromatic heterocycles. The molecule has 180 valence electrons. The second-order valence-corrected chi connectivity index (χ2v) is 9.02. The fourth-order valence-electron chi connectivity index (χ4n) is 4.65. The van der Waals surface area contributed by atoms with Gasteiger partial charge < -0.3 is 14.5 Å². The maximum Gasteiger partial charge on any atom is 0.254 e. The second-order valence-electron chi connectivity index (χ2n) is 9.02. The summed E-state index contributed by atoms with van der Waals surface area (Å²) in [5, 5.41) is 5.36. The molecule has 4 aromatic rings. The van der Waals surface area contributed by atoms with Gasteiger partial charge >= 0.3 is 0 Å². The van der Waals surface area contributed by atoms with Crippen molar-refractivity contribution in [2.45, 2.75) is 26.8 Å². The van der Waals surface area contributed by atoms with Crippen LogP contribution >= 0.6 is 0 Å². The molecule has 0 N–H and O–H groups in total. The number of carbonyl (C=O) groups is 1. The number of hydrogen-bond donors (Lipinski definition) is 0. The number of amides is 1. The molecule has 1 saturated heterocycles. The summed E-state index contributed by atoms with van der Waals surface area (Å²) in [4.78, 5) is 22.9. The minimum Gasteiger partial charge on any atom is -0.492 e. The van der Waals surface area contributed by atoms with Crippen LogP contribution in [0.4, 0.5) is 5.69 Å². The first-order valence-corrected chi connectivity index (χ1v) is 12.3. The van der Waals surface area contributed by atoms with Crippen molar-refractivity contribution in [2.75, 3.05) is 37.7 Å². The molecule has 1 aliphatic heterocycles. The Kier molecular flexibility index (Phi) is 6.40. The van der Waals surface area contributed by atoms with Gasteiger partial charge in [-0.05, 0) is 39.0 Å². The SMILES string of the molecule is CCOc1ccccc1N1CCN(C(=O)c2cc(-c3ccccc3)nc3c2cnn3C(C)C)CC1. The molecule has 1 amide bonds. The van der Waals surface area contributed by atoms with E-state index in [1.54, 1.807) is 6.20 Å². The maximum atomic E-state index is 13.8. The first-order valence-electron chi connectivity index (χ1n) is 12.3. The molecule has 0 bridgehead atoms. The average molecular weight is 470 g/mol. The van der Waals surface area contributed by atoms with E-state index < -0.39 is 0 Å². The molecule has 0 radical (unpaired) electrons. The first kappa shape index (κ1) is 22.9. The number of nitrogens with zero attached hydrogens (tertiary/aromatic N) is 5. The van der Waals surface area contributed by atoms with Crippen molar-refractivity contribution in [3.63, 3.8) is 0 Å². The predicted molar refractivity (Wildman–Crippen MR) is 139 cm³/mol. The molecule has 35 heavy (non-hydrogen) atoms. The normalized spacial score (nSPS) is 14.1. The zero-order valence-electron chi connectivity index (χ0n) is 20.5. The van der Waals surface area contributed by atoms with E-state index >= 15 is 0 Å². The van der Waals surface area contributed by atoms with E-state index in [0.29, 0.717) is 25.3 Å². The van der Waals surface area contributed by atoms with E-state index in [0.717, 1.165) is 46.8 Å². The molecule has 1 fully saturated rings. The van der Waals surface area contributed by atoms with Crippen LogP contribution in [0.15, 0.2) is 66.9 Å². The Hall–Kier alpha value is -3.87. The number of ether oxygens (including phenoxy) is 1. The smallest absolute Gasteiger partial charge is 0.254 e. The van der Waals surface area contributed by atoms with Gasteiger partial charge in [-0.3, -0.25) is 4.79 Å². The summed E-state index contributed by atoms with van der Waals surface area (Å²) >= 11 is 0. The molecule has 7 nitrogen and oxygen atoms in total. The summed E-state index contributed by atoms with van der Waals surface area (Å²) in [6.07, 6.45) is 1.78. The van der Waals surface area contributed by atoms with E-state index in [9.17, 15) is 4.79 Å². The number of para-hydroxylation sites is 2. The molecule has 0 unspecified atom stereocenters. The van der Waals surface area contributed by atoms with Gasteiger partial charge in [0.2, 0.25) is 0 Å². The van der Waals surface area contributed by atoms with Crippen molar-refractivity contribution in [1.29, 1.82) is 0 Å². The Morgan fingerprint density at radius 3 is 2.43 bits per heavy atom. The lowest BCUT2D eigenvalue weighted by molar-refractivity contribution is 0.0748. The third kappa shape index (κ3) is 4.46. The van der Waals surface area contributed by atoms with Gasteiger partial charge in [-0.15, -0.1) is 0 Å². The highest BCUT2D eigenvalue weighted by molar-refractivity contribution is 6.06. The van der Waals surface area contributed by atoms with Crippen LogP contribution in [0.1, 0.15) is 37.2 Å². The monoisotopic (exact) mass is 469 g/mol. The van der Waals surface area contributed by atoms with Crippen LogP contribution in [0.25, 0.3) is 22.3 Å². The molecule has 2 aromatic carbocycles. The van der Waals surface area contributed by atoms with Crippen LogP contribution in [-0.4, -0.2) is 58.4 Å². The van der Waals surface area contributed by atoms with Crippen molar-refractivity contribution in [2.24, 2.45) is 0 Å². The number of carbonyl (C=O) groups excluding carboxylic acids is 1. The fraction of sp³-hybridized carbons (Fsp3) is 0.321. The number of aromatic nitrogens is 3. The van der Waals surface area contributed by atoms with Crippen LogP contribution in [0.2, 0.25) is 0 Å². The van der Waals surface area contributed by atoms with Gasteiger partial charge in [0.05, 0.1) is 35.1 Å².